The molecule has 0 unspecified atom stereocenters. The maximum atomic E-state index is 10.9. The van der Waals surface area contributed by atoms with Crippen molar-refractivity contribution in [2.75, 3.05) is 6.61 Å². The fourth-order valence-electron chi connectivity index (χ4n) is 1.75. The molecule has 2 rings (SSSR count). The lowest BCUT2D eigenvalue weighted by atomic mass is 10.0. The van der Waals surface area contributed by atoms with Gasteiger partial charge in [-0.25, -0.2) is 4.79 Å². The Morgan fingerprint density at radius 2 is 1.94 bits per heavy atom. The second-order valence-corrected chi connectivity index (χ2v) is 3.80. The molecule has 1 amide bonds. The fraction of sp³-hybridized carbons (Fsp3) is 0.364. The average Bonchev–Trinajstić information content (AvgIpc) is 2.60. The summed E-state index contributed by atoms with van der Waals surface area (Å²) in [5.41, 5.74) is 2.59. The molecular formula is C11H14ClNO3. The van der Waals surface area contributed by atoms with E-state index in [4.69, 9.17) is 4.74 Å². The van der Waals surface area contributed by atoms with Crippen LogP contribution in [0.2, 0.25) is 0 Å². The van der Waals surface area contributed by atoms with Crippen LogP contribution in [0.25, 0.3) is 0 Å². The highest BCUT2D eigenvalue weighted by atomic mass is 35.5. The molecule has 1 aromatic carbocycles. The molecule has 1 aromatic rings. The molecule has 2 N–H and O–H groups in total. The Balaban J connectivity index is 0.00000128. The van der Waals surface area contributed by atoms with E-state index >= 15 is 0 Å². The molecule has 88 valence electrons. The number of hydrogen-bond acceptors (Lipinski definition) is 3. The lowest BCUT2D eigenvalue weighted by Gasteiger charge is -2.11. The number of phenols is 1. The van der Waals surface area contributed by atoms with E-state index in [1.807, 2.05) is 26.0 Å². The number of halogens is 1. The second kappa shape index (κ2) is 4.61. The summed E-state index contributed by atoms with van der Waals surface area (Å²) < 4.78 is 4.82. The largest absolute Gasteiger partial charge is 0.507 e. The van der Waals surface area contributed by atoms with Gasteiger partial charge < -0.3 is 15.2 Å². The molecule has 1 aliphatic rings. The minimum absolute atomic E-state index is 0. The van der Waals surface area contributed by atoms with E-state index in [1.54, 1.807) is 0 Å². The highest BCUT2D eigenvalue weighted by molar-refractivity contribution is 5.85. The first-order valence-electron chi connectivity index (χ1n) is 4.81. The van der Waals surface area contributed by atoms with Crippen LogP contribution in [-0.2, 0) is 4.74 Å². The molecular weight excluding hydrogens is 230 g/mol. The van der Waals surface area contributed by atoms with Gasteiger partial charge >= 0.3 is 6.09 Å². The third kappa shape index (κ3) is 2.22. The highest BCUT2D eigenvalue weighted by Crippen LogP contribution is 2.27. The fourth-order valence-corrected chi connectivity index (χ4v) is 1.75. The SMILES string of the molecule is Cc1cc([C@@H]2COC(=O)N2)cc(C)c1O.Cl. The van der Waals surface area contributed by atoms with E-state index in [9.17, 15) is 9.90 Å². The van der Waals surface area contributed by atoms with Crippen LogP contribution in [0.5, 0.6) is 5.75 Å². The van der Waals surface area contributed by atoms with Crippen LogP contribution in [0.4, 0.5) is 4.79 Å². The molecule has 1 saturated heterocycles. The number of rotatable bonds is 1. The molecule has 0 radical (unpaired) electrons. The van der Waals surface area contributed by atoms with Crippen LogP contribution < -0.4 is 5.32 Å². The molecule has 16 heavy (non-hydrogen) atoms. The molecule has 0 aromatic heterocycles. The van der Waals surface area contributed by atoms with Gasteiger partial charge in [0.2, 0.25) is 0 Å². The third-order valence-corrected chi connectivity index (χ3v) is 2.59. The van der Waals surface area contributed by atoms with Crippen LogP contribution in [0, 0.1) is 13.8 Å². The van der Waals surface area contributed by atoms with Gasteiger partial charge in [-0.15, -0.1) is 12.4 Å². The molecule has 0 spiro atoms. The number of phenolic OH excluding ortho intramolecular Hbond substituents is 1. The van der Waals surface area contributed by atoms with Gasteiger partial charge in [0.25, 0.3) is 0 Å². The number of hydrogen-bond donors (Lipinski definition) is 2. The van der Waals surface area contributed by atoms with Crippen LogP contribution in [0.3, 0.4) is 0 Å². The Kier molecular flexibility index (Phi) is 3.65. The van der Waals surface area contributed by atoms with Crippen molar-refractivity contribution < 1.29 is 14.6 Å². The summed E-state index contributed by atoms with van der Waals surface area (Å²) in [5, 5.41) is 12.3. The molecule has 4 nitrogen and oxygen atoms in total. The van der Waals surface area contributed by atoms with Crippen LogP contribution in [-0.4, -0.2) is 17.8 Å². The van der Waals surface area contributed by atoms with E-state index in [0.29, 0.717) is 12.4 Å². The Morgan fingerprint density at radius 3 is 2.38 bits per heavy atom. The standard InChI is InChI=1S/C11H13NO3.ClH/c1-6-3-8(4-7(2)10(6)13)9-5-15-11(14)12-9;/h3-4,9,13H,5H2,1-2H3,(H,12,14);1H/t9-;/m0./s1. The van der Waals surface area contributed by atoms with Crippen molar-refractivity contribution >= 4 is 18.5 Å². The van der Waals surface area contributed by atoms with Crippen LogP contribution >= 0.6 is 12.4 Å². The summed E-state index contributed by atoms with van der Waals surface area (Å²) in [6.45, 7) is 4.02. The number of benzene rings is 1. The first-order valence-corrected chi connectivity index (χ1v) is 4.81. The molecule has 1 heterocycles. The Bertz CT molecular complexity index is 397. The second-order valence-electron chi connectivity index (χ2n) is 3.80. The number of aryl methyl sites for hydroxylation is 2. The predicted molar refractivity (Wildman–Crippen MR) is 62.1 cm³/mol. The zero-order chi connectivity index (χ0) is 11.0. The normalized spacial score (nSPS) is 18.6. The van der Waals surface area contributed by atoms with Gasteiger partial charge in [-0.3, -0.25) is 0 Å². The number of carbonyl (C=O) groups excluding carboxylic acids is 1. The number of cyclic esters (lactones) is 1. The van der Waals surface area contributed by atoms with Crippen LogP contribution in [0.1, 0.15) is 22.7 Å². The summed E-state index contributed by atoms with van der Waals surface area (Å²) in [4.78, 5) is 10.9. The maximum Gasteiger partial charge on any atom is 0.407 e. The lowest BCUT2D eigenvalue weighted by Crippen LogP contribution is -2.18. The number of amides is 1. The van der Waals surface area contributed by atoms with Crippen molar-refractivity contribution in [1.29, 1.82) is 0 Å². The van der Waals surface area contributed by atoms with Crippen molar-refractivity contribution in [2.24, 2.45) is 0 Å². The number of ether oxygens (including phenoxy) is 1. The van der Waals surface area contributed by atoms with Gasteiger partial charge in [0, 0.05) is 0 Å². The average molecular weight is 244 g/mol. The highest BCUT2D eigenvalue weighted by Gasteiger charge is 2.24. The topological polar surface area (TPSA) is 58.6 Å². The number of alkyl carbamates (subject to hydrolysis) is 1. The molecule has 0 bridgehead atoms. The Morgan fingerprint density at radius 1 is 1.38 bits per heavy atom. The van der Waals surface area contributed by atoms with Gasteiger partial charge in [0.05, 0.1) is 6.04 Å². The van der Waals surface area contributed by atoms with Crippen molar-refractivity contribution in [1.82, 2.24) is 5.32 Å². The van der Waals surface area contributed by atoms with Crippen molar-refractivity contribution in [3.05, 3.63) is 28.8 Å². The van der Waals surface area contributed by atoms with E-state index in [1.165, 1.54) is 0 Å². The van der Waals surface area contributed by atoms with E-state index < -0.39 is 0 Å². The van der Waals surface area contributed by atoms with Crippen molar-refractivity contribution in [3.8, 4) is 5.75 Å². The predicted octanol–water partition coefficient (Wildman–Crippen LogP) is 2.21. The van der Waals surface area contributed by atoms with Gasteiger partial charge in [-0.1, -0.05) is 12.1 Å². The molecule has 1 aliphatic heterocycles. The molecule has 5 heteroatoms. The van der Waals surface area contributed by atoms with Crippen molar-refractivity contribution in [2.45, 2.75) is 19.9 Å². The lowest BCUT2D eigenvalue weighted by molar-refractivity contribution is 0.177. The smallest absolute Gasteiger partial charge is 0.407 e. The maximum absolute atomic E-state index is 10.9. The quantitative estimate of drug-likeness (QED) is 0.795. The Hall–Kier alpha value is -1.42. The zero-order valence-electron chi connectivity index (χ0n) is 9.11. The van der Waals surface area contributed by atoms with Crippen molar-refractivity contribution in [3.63, 3.8) is 0 Å². The van der Waals surface area contributed by atoms with Gasteiger partial charge in [0.1, 0.15) is 12.4 Å². The van der Waals surface area contributed by atoms with E-state index in [0.717, 1.165) is 16.7 Å². The monoisotopic (exact) mass is 243 g/mol. The first kappa shape index (κ1) is 12.6. The summed E-state index contributed by atoms with van der Waals surface area (Å²) in [7, 11) is 0. The third-order valence-electron chi connectivity index (χ3n) is 2.59. The van der Waals surface area contributed by atoms with Gasteiger partial charge in [-0.05, 0) is 30.5 Å². The number of carbonyl (C=O) groups is 1. The van der Waals surface area contributed by atoms with Gasteiger partial charge in [0.15, 0.2) is 0 Å². The molecule has 1 atom stereocenters. The molecule has 0 aliphatic carbocycles. The zero-order valence-corrected chi connectivity index (χ0v) is 9.93. The Labute approximate surface area is 100 Å². The minimum Gasteiger partial charge on any atom is -0.507 e. The van der Waals surface area contributed by atoms with E-state index in [-0.39, 0.29) is 24.5 Å². The summed E-state index contributed by atoms with van der Waals surface area (Å²) in [6, 6.07) is 3.62. The summed E-state index contributed by atoms with van der Waals surface area (Å²) in [5.74, 6) is 0.309. The number of nitrogens with one attached hydrogen (secondary N) is 1. The first-order chi connectivity index (χ1) is 7.08. The van der Waals surface area contributed by atoms with Gasteiger partial charge in [-0.2, -0.15) is 0 Å². The van der Waals surface area contributed by atoms with Crippen LogP contribution in [0.15, 0.2) is 12.1 Å². The summed E-state index contributed by atoms with van der Waals surface area (Å²) >= 11 is 0. The number of aromatic hydroxyl groups is 1. The van der Waals surface area contributed by atoms with E-state index in [2.05, 4.69) is 5.32 Å². The summed E-state index contributed by atoms with van der Waals surface area (Å²) in [6.07, 6.45) is -0.386. The minimum atomic E-state index is -0.386. The molecule has 1 fully saturated rings. The molecule has 0 saturated carbocycles.